The van der Waals surface area contributed by atoms with Gasteiger partial charge >= 0.3 is 12.1 Å². The van der Waals surface area contributed by atoms with Gasteiger partial charge in [0.15, 0.2) is 0 Å². The number of carboxylic acid groups (broad SMARTS) is 1. The van der Waals surface area contributed by atoms with Crippen molar-refractivity contribution in [1.29, 1.82) is 0 Å². The molecule has 0 aromatic carbocycles. The molecule has 2 amide bonds. The van der Waals surface area contributed by atoms with E-state index in [1.807, 2.05) is 0 Å². The lowest BCUT2D eigenvalue weighted by Gasteiger charge is -2.19. The Hall–Kier alpha value is -1.80. The first-order valence-corrected chi connectivity index (χ1v) is 5.27. The summed E-state index contributed by atoms with van der Waals surface area (Å²) in [5.41, 5.74) is -1.22. The monoisotopic (exact) mass is 284 g/mol. The minimum atomic E-state index is -4.54. The summed E-state index contributed by atoms with van der Waals surface area (Å²) in [4.78, 5) is 32.9. The SMILES string of the molecule is CC(C)(CNC(=O)CC(=O)NCC(F)(F)F)C(=O)O. The molecule has 0 bridgehead atoms. The van der Waals surface area contributed by atoms with Crippen LogP contribution < -0.4 is 10.6 Å². The summed E-state index contributed by atoms with van der Waals surface area (Å²) in [6, 6.07) is 0. The Kier molecular flexibility index (Phi) is 5.79. The van der Waals surface area contributed by atoms with Crippen LogP contribution in [0.3, 0.4) is 0 Å². The summed E-state index contributed by atoms with van der Waals surface area (Å²) in [6.45, 7) is 0.978. The summed E-state index contributed by atoms with van der Waals surface area (Å²) in [7, 11) is 0. The molecule has 6 nitrogen and oxygen atoms in total. The Labute approximate surface area is 107 Å². The first kappa shape index (κ1) is 17.2. The van der Waals surface area contributed by atoms with Gasteiger partial charge in [-0.2, -0.15) is 13.2 Å². The number of carbonyl (C=O) groups is 3. The van der Waals surface area contributed by atoms with Gasteiger partial charge in [-0.05, 0) is 13.8 Å². The number of nitrogens with one attached hydrogen (secondary N) is 2. The zero-order chi connectivity index (χ0) is 15.3. The van der Waals surface area contributed by atoms with Crippen molar-refractivity contribution >= 4 is 17.8 Å². The molecule has 0 rings (SSSR count). The van der Waals surface area contributed by atoms with Gasteiger partial charge in [-0.15, -0.1) is 0 Å². The minimum absolute atomic E-state index is 0.228. The van der Waals surface area contributed by atoms with E-state index in [4.69, 9.17) is 5.11 Å². The Morgan fingerprint density at radius 2 is 1.42 bits per heavy atom. The highest BCUT2D eigenvalue weighted by Crippen LogP contribution is 2.13. The van der Waals surface area contributed by atoms with E-state index in [1.165, 1.54) is 19.2 Å². The zero-order valence-electron chi connectivity index (χ0n) is 10.4. The molecule has 0 unspecified atom stereocenters. The topological polar surface area (TPSA) is 95.5 Å². The van der Waals surface area contributed by atoms with Gasteiger partial charge in [0.25, 0.3) is 0 Å². The first-order valence-electron chi connectivity index (χ1n) is 5.27. The van der Waals surface area contributed by atoms with Crippen LogP contribution >= 0.6 is 0 Å². The number of amides is 2. The van der Waals surface area contributed by atoms with Crippen LogP contribution in [0.15, 0.2) is 0 Å². The highest BCUT2D eigenvalue weighted by atomic mass is 19.4. The Morgan fingerprint density at radius 1 is 1.00 bits per heavy atom. The molecule has 0 saturated heterocycles. The highest BCUT2D eigenvalue weighted by molar-refractivity contribution is 5.97. The maximum Gasteiger partial charge on any atom is 0.405 e. The second kappa shape index (κ2) is 6.39. The van der Waals surface area contributed by atoms with E-state index in [-0.39, 0.29) is 6.54 Å². The van der Waals surface area contributed by atoms with Crippen molar-refractivity contribution in [3.63, 3.8) is 0 Å². The molecule has 3 N–H and O–H groups in total. The predicted molar refractivity (Wildman–Crippen MR) is 58.1 cm³/mol. The van der Waals surface area contributed by atoms with Crippen LogP contribution in [0.2, 0.25) is 0 Å². The van der Waals surface area contributed by atoms with E-state index in [1.54, 1.807) is 0 Å². The highest BCUT2D eigenvalue weighted by Gasteiger charge is 2.29. The summed E-state index contributed by atoms with van der Waals surface area (Å²) < 4.78 is 35.3. The largest absolute Gasteiger partial charge is 0.481 e. The van der Waals surface area contributed by atoms with E-state index >= 15 is 0 Å². The molecule has 0 aromatic rings. The normalized spacial score (nSPS) is 11.8. The lowest BCUT2D eigenvalue weighted by atomic mass is 9.94. The zero-order valence-corrected chi connectivity index (χ0v) is 10.4. The third-order valence-corrected chi connectivity index (χ3v) is 2.11. The number of rotatable bonds is 6. The molecule has 0 aliphatic heterocycles. The summed E-state index contributed by atoms with van der Waals surface area (Å²) >= 11 is 0. The van der Waals surface area contributed by atoms with Gasteiger partial charge in [0.1, 0.15) is 13.0 Å². The molecular weight excluding hydrogens is 269 g/mol. The van der Waals surface area contributed by atoms with Gasteiger partial charge in [-0.25, -0.2) is 0 Å². The van der Waals surface area contributed by atoms with Gasteiger partial charge in [0.05, 0.1) is 5.41 Å². The fourth-order valence-corrected chi connectivity index (χ4v) is 0.865. The quantitative estimate of drug-likeness (QED) is 0.611. The van der Waals surface area contributed by atoms with Crippen LogP contribution in [0.4, 0.5) is 13.2 Å². The molecule has 0 atom stereocenters. The Bertz CT molecular complexity index is 366. The predicted octanol–water partition coefficient (Wildman–Crippen LogP) is 0.282. The van der Waals surface area contributed by atoms with Crippen molar-refractivity contribution in [3.05, 3.63) is 0 Å². The molecule has 0 spiro atoms. The third-order valence-electron chi connectivity index (χ3n) is 2.11. The molecule has 0 aliphatic rings. The fourth-order valence-electron chi connectivity index (χ4n) is 0.865. The maximum atomic E-state index is 11.8. The van der Waals surface area contributed by atoms with Crippen molar-refractivity contribution in [3.8, 4) is 0 Å². The Morgan fingerprint density at radius 3 is 1.79 bits per heavy atom. The Balaban J connectivity index is 4.06. The van der Waals surface area contributed by atoms with Crippen molar-refractivity contribution in [2.45, 2.75) is 26.4 Å². The van der Waals surface area contributed by atoms with Crippen LogP contribution in [-0.4, -0.2) is 42.2 Å². The maximum absolute atomic E-state index is 11.8. The number of halogens is 3. The second-order valence-corrected chi connectivity index (χ2v) is 4.53. The summed E-state index contributed by atoms with van der Waals surface area (Å²) in [6.07, 6.45) is -5.33. The molecule has 110 valence electrons. The van der Waals surface area contributed by atoms with Crippen molar-refractivity contribution in [2.75, 3.05) is 13.1 Å². The van der Waals surface area contributed by atoms with Crippen LogP contribution in [0, 0.1) is 5.41 Å². The van der Waals surface area contributed by atoms with E-state index in [9.17, 15) is 27.6 Å². The number of carboxylic acids is 1. The van der Waals surface area contributed by atoms with E-state index < -0.39 is 42.3 Å². The van der Waals surface area contributed by atoms with Crippen LogP contribution in [0.5, 0.6) is 0 Å². The molecule has 0 saturated carbocycles. The average molecular weight is 284 g/mol. The second-order valence-electron chi connectivity index (χ2n) is 4.53. The van der Waals surface area contributed by atoms with Crippen LogP contribution in [0.25, 0.3) is 0 Å². The molecule has 9 heteroatoms. The van der Waals surface area contributed by atoms with E-state index in [0.29, 0.717) is 0 Å². The molecular formula is C10H15F3N2O4. The number of hydrogen-bond acceptors (Lipinski definition) is 3. The van der Waals surface area contributed by atoms with E-state index in [2.05, 4.69) is 5.32 Å². The summed E-state index contributed by atoms with van der Waals surface area (Å²) in [5, 5.41) is 12.5. The third kappa shape index (κ3) is 8.01. The average Bonchev–Trinajstić information content (AvgIpc) is 2.22. The fraction of sp³-hybridized carbons (Fsp3) is 0.700. The number of aliphatic carboxylic acids is 1. The van der Waals surface area contributed by atoms with Gasteiger partial charge in [0.2, 0.25) is 11.8 Å². The minimum Gasteiger partial charge on any atom is -0.481 e. The lowest BCUT2D eigenvalue weighted by molar-refractivity contribution is -0.147. The lowest BCUT2D eigenvalue weighted by Crippen LogP contribution is -2.41. The molecule has 0 fully saturated rings. The molecule has 0 radical (unpaired) electrons. The van der Waals surface area contributed by atoms with E-state index in [0.717, 1.165) is 0 Å². The molecule has 0 heterocycles. The molecule has 0 aliphatic carbocycles. The number of hydrogen-bond donors (Lipinski definition) is 3. The van der Waals surface area contributed by atoms with Gasteiger partial charge in [-0.1, -0.05) is 0 Å². The standard InChI is InChI=1S/C10H15F3N2O4/c1-9(2,8(18)19)4-14-6(16)3-7(17)15-5-10(11,12)13/h3-5H2,1-2H3,(H,14,16)(H,15,17)(H,18,19). The number of alkyl halides is 3. The van der Waals surface area contributed by atoms with Gasteiger partial charge in [0, 0.05) is 6.54 Å². The van der Waals surface area contributed by atoms with Crippen LogP contribution in [-0.2, 0) is 14.4 Å². The van der Waals surface area contributed by atoms with Gasteiger partial charge < -0.3 is 15.7 Å². The van der Waals surface area contributed by atoms with Crippen molar-refractivity contribution in [2.24, 2.45) is 5.41 Å². The van der Waals surface area contributed by atoms with Gasteiger partial charge in [-0.3, -0.25) is 14.4 Å². The first-order chi connectivity index (χ1) is 8.44. The molecule has 0 aromatic heterocycles. The smallest absolute Gasteiger partial charge is 0.405 e. The summed E-state index contributed by atoms with van der Waals surface area (Å²) in [5.74, 6) is -3.06. The van der Waals surface area contributed by atoms with Crippen molar-refractivity contribution in [1.82, 2.24) is 10.6 Å². The molecule has 19 heavy (non-hydrogen) atoms. The number of carbonyl (C=O) groups excluding carboxylic acids is 2. The van der Waals surface area contributed by atoms with Crippen molar-refractivity contribution < 1.29 is 32.7 Å². The van der Waals surface area contributed by atoms with Crippen LogP contribution in [0.1, 0.15) is 20.3 Å².